The molecule has 1 atom stereocenters. The van der Waals surface area contributed by atoms with Crippen LogP contribution in [0.2, 0.25) is 0 Å². The summed E-state index contributed by atoms with van der Waals surface area (Å²) in [5, 5.41) is 0. The third-order valence-electron chi connectivity index (χ3n) is 4.01. The topological polar surface area (TPSA) is 75.7 Å². The van der Waals surface area contributed by atoms with E-state index < -0.39 is 16.1 Å². The minimum atomic E-state index is -3.75. The minimum absolute atomic E-state index is 0.131. The van der Waals surface area contributed by atoms with Gasteiger partial charge in [0.05, 0.1) is 12.0 Å². The lowest BCUT2D eigenvalue weighted by Gasteiger charge is -2.17. The molecular formula is C17H17BrN2O4S. The van der Waals surface area contributed by atoms with Crippen LogP contribution in [0.15, 0.2) is 57.9 Å². The Bertz CT molecular complexity index is 867. The van der Waals surface area contributed by atoms with E-state index in [0.717, 1.165) is 10.2 Å². The number of nitrogens with zero attached hydrogens (tertiary/aromatic N) is 1. The van der Waals surface area contributed by atoms with Gasteiger partial charge in [0, 0.05) is 16.7 Å². The number of carbonyl (C=O) groups excluding carboxylic acids is 1. The Morgan fingerprint density at radius 1 is 1.12 bits per heavy atom. The molecule has 25 heavy (non-hydrogen) atoms. The fourth-order valence-electron chi connectivity index (χ4n) is 2.68. The van der Waals surface area contributed by atoms with E-state index in [9.17, 15) is 13.2 Å². The van der Waals surface area contributed by atoms with Gasteiger partial charge < -0.3 is 9.64 Å². The van der Waals surface area contributed by atoms with Gasteiger partial charge >= 0.3 is 0 Å². The highest BCUT2D eigenvalue weighted by molar-refractivity contribution is 9.10. The van der Waals surface area contributed by atoms with Gasteiger partial charge in [-0.2, -0.15) is 4.72 Å². The average molecular weight is 425 g/mol. The first kappa shape index (κ1) is 17.9. The number of ether oxygens (including phenoxy) is 1. The van der Waals surface area contributed by atoms with Crippen LogP contribution in [-0.2, 0) is 14.8 Å². The highest BCUT2D eigenvalue weighted by Gasteiger charge is 2.35. The SMILES string of the molecule is COc1ccc(N2CCC(NS(=O)(=O)c3ccc(Br)cc3)C2=O)cc1. The highest BCUT2D eigenvalue weighted by atomic mass is 79.9. The minimum Gasteiger partial charge on any atom is -0.497 e. The maximum Gasteiger partial charge on any atom is 0.245 e. The molecule has 0 saturated carbocycles. The third kappa shape index (κ3) is 3.86. The highest BCUT2D eigenvalue weighted by Crippen LogP contribution is 2.25. The number of rotatable bonds is 5. The first-order valence-electron chi connectivity index (χ1n) is 7.64. The Kier molecular flexibility index (Phi) is 5.12. The molecular weight excluding hydrogens is 408 g/mol. The van der Waals surface area contributed by atoms with E-state index in [1.165, 1.54) is 12.1 Å². The lowest BCUT2D eigenvalue weighted by atomic mass is 10.2. The van der Waals surface area contributed by atoms with Crippen LogP contribution in [0.5, 0.6) is 5.75 Å². The molecule has 3 rings (SSSR count). The van der Waals surface area contributed by atoms with Gasteiger partial charge in [-0.15, -0.1) is 0 Å². The molecule has 0 spiro atoms. The number of hydrogen-bond donors (Lipinski definition) is 1. The van der Waals surface area contributed by atoms with Crippen molar-refractivity contribution in [3.8, 4) is 5.75 Å². The number of sulfonamides is 1. The molecule has 2 aromatic rings. The summed E-state index contributed by atoms with van der Waals surface area (Å²) in [6.45, 7) is 0.457. The molecule has 8 heteroatoms. The van der Waals surface area contributed by atoms with Crippen LogP contribution in [0, 0.1) is 0 Å². The number of nitrogens with one attached hydrogen (secondary N) is 1. The van der Waals surface area contributed by atoms with Gasteiger partial charge in [0.1, 0.15) is 11.8 Å². The van der Waals surface area contributed by atoms with Crippen LogP contribution in [0.25, 0.3) is 0 Å². The Balaban J connectivity index is 1.74. The van der Waals surface area contributed by atoms with Crippen LogP contribution < -0.4 is 14.4 Å². The predicted molar refractivity (Wildman–Crippen MR) is 98.2 cm³/mol. The van der Waals surface area contributed by atoms with Gasteiger partial charge in [0.25, 0.3) is 0 Å². The van der Waals surface area contributed by atoms with Crippen molar-refractivity contribution in [1.82, 2.24) is 4.72 Å². The van der Waals surface area contributed by atoms with Gasteiger partial charge in [-0.25, -0.2) is 8.42 Å². The van der Waals surface area contributed by atoms with Crippen LogP contribution >= 0.6 is 15.9 Å². The average Bonchev–Trinajstić information content (AvgIpc) is 2.95. The lowest BCUT2D eigenvalue weighted by Crippen LogP contribution is -2.41. The molecule has 132 valence electrons. The second-order valence-electron chi connectivity index (χ2n) is 5.60. The zero-order valence-electron chi connectivity index (χ0n) is 13.5. The summed E-state index contributed by atoms with van der Waals surface area (Å²) in [6.07, 6.45) is 0.417. The van der Waals surface area contributed by atoms with Crippen LogP contribution in [0.4, 0.5) is 5.69 Å². The summed E-state index contributed by atoms with van der Waals surface area (Å²) in [7, 11) is -2.18. The summed E-state index contributed by atoms with van der Waals surface area (Å²) < 4.78 is 33.3. The van der Waals surface area contributed by atoms with E-state index in [2.05, 4.69) is 20.7 Å². The van der Waals surface area contributed by atoms with E-state index in [1.54, 1.807) is 48.4 Å². The largest absolute Gasteiger partial charge is 0.497 e. The zero-order valence-corrected chi connectivity index (χ0v) is 15.9. The number of benzene rings is 2. The molecule has 1 N–H and O–H groups in total. The van der Waals surface area contributed by atoms with Crippen molar-refractivity contribution in [3.05, 3.63) is 53.0 Å². The quantitative estimate of drug-likeness (QED) is 0.799. The van der Waals surface area contributed by atoms with Crippen LogP contribution in [0.3, 0.4) is 0 Å². The number of halogens is 1. The fourth-order valence-corrected chi connectivity index (χ4v) is 4.16. The van der Waals surface area contributed by atoms with Crippen molar-refractivity contribution in [3.63, 3.8) is 0 Å². The van der Waals surface area contributed by atoms with Gasteiger partial charge in [-0.1, -0.05) is 15.9 Å². The predicted octanol–water partition coefficient (Wildman–Crippen LogP) is 2.54. The molecule has 1 amide bonds. The first-order chi connectivity index (χ1) is 11.9. The van der Waals surface area contributed by atoms with Crippen molar-refractivity contribution < 1.29 is 17.9 Å². The fraction of sp³-hybridized carbons (Fsp3) is 0.235. The molecule has 0 bridgehead atoms. The number of anilines is 1. The number of hydrogen-bond acceptors (Lipinski definition) is 4. The van der Waals surface area contributed by atoms with Crippen molar-refractivity contribution >= 4 is 37.5 Å². The summed E-state index contributed by atoms with van der Waals surface area (Å²) in [5.74, 6) is 0.439. The second kappa shape index (κ2) is 7.15. The van der Waals surface area contributed by atoms with Gasteiger partial charge in [0.2, 0.25) is 15.9 Å². The van der Waals surface area contributed by atoms with E-state index >= 15 is 0 Å². The van der Waals surface area contributed by atoms with E-state index in [4.69, 9.17) is 4.74 Å². The van der Waals surface area contributed by atoms with Crippen LogP contribution in [0.1, 0.15) is 6.42 Å². The number of amides is 1. The van der Waals surface area contributed by atoms with Crippen molar-refractivity contribution in [2.45, 2.75) is 17.4 Å². The van der Waals surface area contributed by atoms with E-state index in [-0.39, 0.29) is 10.8 Å². The normalized spacial score (nSPS) is 17.8. The lowest BCUT2D eigenvalue weighted by molar-refractivity contribution is -0.118. The Labute approximate surface area is 155 Å². The molecule has 1 heterocycles. The Morgan fingerprint density at radius 3 is 2.36 bits per heavy atom. The number of methoxy groups -OCH3 is 1. The van der Waals surface area contributed by atoms with Gasteiger partial charge in [0.15, 0.2) is 0 Å². The molecule has 1 unspecified atom stereocenters. The standard InChI is InChI=1S/C17H17BrN2O4S/c1-24-14-6-4-13(5-7-14)20-11-10-16(17(20)21)19-25(22,23)15-8-2-12(18)3-9-15/h2-9,16,19H,10-11H2,1H3. The third-order valence-corrected chi connectivity index (χ3v) is 6.03. The van der Waals surface area contributed by atoms with Crippen molar-refractivity contribution in [1.29, 1.82) is 0 Å². The smallest absolute Gasteiger partial charge is 0.245 e. The summed E-state index contributed by atoms with van der Waals surface area (Å²) in [4.78, 5) is 14.3. The molecule has 1 saturated heterocycles. The Hall–Kier alpha value is -1.90. The van der Waals surface area contributed by atoms with Crippen LogP contribution in [-0.4, -0.2) is 34.0 Å². The molecule has 0 aliphatic carbocycles. The second-order valence-corrected chi connectivity index (χ2v) is 8.23. The summed E-state index contributed by atoms with van der Waals surface area (Å²) >= 11 is 3.27. The molecule has 2 aromatic carbocycles. The van der Waals surface area contributed by atoms with E-state index in [0.29, 0.717) is 18.7 Å². The maximum absolute atomic E-state index is 12.6. The van der Waals surface area contributed by atoms with E-state index in [1.807, 2.05) is 0 Å². The molecule has 1 fully saturated rings. The van der Waals surface area contributed by atoms with Crippen molar-refractivity contribution in [2.75, 3.05) is 18.6 Å². The van der Waals surface area contributed by atoms with Gasteiger partial charge in [-0.3, -0.25) is 4.79 Å². The zero-order chi connectivity index (χ0) is 18.0. The molecule has 0 radical (unpaired) electrons. The first-order valence-corrected chi connectivity index (χ1v) is 9.91. The Morgan fingerprint density at radius 2 is 1.76 bits per heavy atom. The molecule has 1 aliphatic rings. The summed E-state index contributed by atoms with van der Waals surface area (Å²) in [6, 6.07) is 12.6. The van der Waals surface area contributed by atoms with Gasteiger partial charge in [-0.05, 0) is 55.0 Å². The molecule has 1 aliphatic heterocycles. The molecule has 0 aromatic heterocycles. The number of carbonyl (C=O) groups is 1. The van der Waals surface area contributed by atoms with Crippen molar-refractivity contribution in [2.24, 2.45) is 0 Å². The summed E-state index contributed by atoms with van der Waals surface area (Å²) in [5.41, 5.74) is 0.719. The molecule has 6 nitrogen and oxygen atoms in total. The monoisotopic (exact) mass is 424 g/mol. The maximum atomic E-state index is 12.6.